The summed E-state index contributed by atoms with van der Waals surface area (Å²) >= 11 is 0. The first-order chi connectivity index (χ1) is 20.9. The number of piperidine rings is 1. The largest absolute Gasteiger partial charge is 0.573 e. The highest BCUT2D eigenvalue weighted by Crippen LogP contribution is 2.37. The molecule has 7 rings (SSSR count). The van der Waals surface area contributed by atoms with Crippen molar-refractivity contribution < 1.29 is 31.1 Å². The summed E-state index contributed by atoms with van der Waals surface area (Å²) in [7, 11) is -3.07. The number of benzene rings is 2. The van der Waals surface area contributed by atoms with Gasteiger partial charge in [0.25, 0.3) is 5.91 Å². The molecule has 1 fully saturated rings. The van der Waals surface area contributed by atoms with E-state index in [1.54, 1.807) is 4.68 Å². The van der Waals surface area contributed by atoms with Gasteiger partial charge in [-0.3, -0.25) is 4.79 Å². The molecule has 10 nitrogen and oxygen atoms in total. The van der Waals surface area contributed by atoms with Crippen molar-refractivity contribution in [3.05, 3.63) is 71.0 Å². The number of nitrogens with zero attached hydrogens (tertiary/aromatic N) is 5. The molecule has 0 radical (unpaired) electrons. The van der Waals surface area contributed by atoms with Crippen molar-refractivity contribution in [1.82, 2.24) is 19.4 Å². The van der Waals surface area contributed by atoms with Crippen LogP contribution in [-0.2, 0) is 29.2 Å². The van der Waals surface area contributed by atoms with Crippen LogP contribution in [0.3, 0.4) is 0 Å². The number of hydrogen-bond acceptors (Lipinski definition) is 7. The molecule has 1 amide bonds. The van der Waals surface area contributed by atoms with Crippen molar-refractivity contribution in [1.29, 1.82) is 0 Å². The van der Waals surface area contributed by atoms with Crippen molar-refractivity contribution in [3.8, 4) is 5.75 Å². The van der Waals surface area contributed by atoms with E-state index in [0.29, 0.717) is 43.5 Å². The number of aryl methyl sites for hydroxylation is 2. The maximum Gasteiger partial charge on any atom is 0.573 e. The number of anilines is 2. The van der Waals surface area contributed by atoms with Gasteiger partial charge in [0.05, 0.1) is 17.2 Å². The molecule has 0 spiro atoms. The zero-order valence-electron chi connectivity index (χ0n) is 23.8. The van der Waals surface area contributed by atoms with Crippen LogP contribution in [0.4, 0.5) is 24.5 Å². The summed E-state index contributed by atoms with van der Waals surface area (Å²) in [5.74, 6) is -0.883. The Bertz CT molecular complexity index is 1980. The van der Waals surface area contributed by atoms with Crippen LogP contribution in [0.2, 0.25) is 0 Å². The molecule has 2 aromatic carbocycles. The Morgan fingerprint density at radius 2 is 1.82 bits per heavy atom. The summed E-state index contributed by atoms with van der Waals surface area (Å²) in [4.78, 5) is 15.7. The van der Waals surface area contributed by atoms with E-state index in [2.05, 4.69) is 21.0 Å². The van der Waals surface area contributed by atoms with Gasteiger partial charge in [0.1, 0.15) is 21.1 Å². The number of rotatable bonds is 7. The van der Waals surface area contributed by atoms with Gasteiger partial charge in [-0.15, -0.1) is 13.2 Å². The molecule has 0 atom stereocenters. The van der Waals surface area contributed by atoms with Crippen molar-refractivity contribution >= 4 is 43.7 Å². The first-order valence-electron chi connectivity index (χ1n) is 14.4. The Balaban J connectivity index is 1.18. The van der Waals surface area contributed by atoms with Crippen LogP contribution in [0.5, 0.6) is 5.75 Å². The van der Waals surface area contributed by atoms with Crippen LogP contribution in [0.25, 0.3) is 16.6 Å². The number of aromatic nitrogens is 4. The Morgan fingerprint density at radius 1 is 1.07 bits per heavy atom. The molecule has 230 valence electrons. The predicted octanol–water partition coefficient (Wildman–Crippen LogP) is 4.82. The van der Waals surface area contributed by atoms with Crippen molar-refractivity contribution in [2.45, 2.75) is 50.3 Å². The average Bonchev–Trinajstić information content (AvgIpc) is 3.74. The van der Waals surface area contributed by atoms with Crippen LogP contribution in [-0.4, -0.2) is 64.7 Å². The second kappa shape index (κ2) is 10.4. The Hall–Kier alpha value is -4.33. The fourth-order valence-electron chi connectivity index (χ4n) is 6.47. The quantitative estimate of drug-likeness (QED) is 0.276. The summed E-state index contributed by atoms with van der Waals surface area (Å²) in [6.07, 6.45) is 0.415. The summed E-state index contributed by atoms with van der Waals surface area (Å²) < 4.78 is 69.2. The molecule has 4 heterocycles. The molecule has 1 saturated heterocycles. The minimum Gasteiger partial charge on any atom is -0.406 e. The van der Waals surface area contributed by atoms with Gasteiger partial charge in [0.15, 0.2) is 11.3 Å². The first kappa shape index (κ1) is 28.4. The smallest absolute Gasteiger partial charge is 0.406 e. The molecule has 0 unspecified atom stereocenters. The van der Waals surface area contributed by atoms with Gasteiger partial charge in [0.2, 0.25) is 0 Å². The molecule has 14 heteroatoms. The predicted molar refractivity (Wildman–Crippen MR) is 158 cm³/mol. The highest BCUT2D eigenvalue weighted by atomic mass is 32.2. The summed E-state index contributed by atoms with van der Waals surface area (Å²) in [5.41, 5.74) is 6.17. The fourth-order valence-corrected chi connectivity index (χ4v) is 7.53. The highest BCUT2D eigenvalue weighted by Gasteiger charge is 2.33. The van der Waals surface area contributed by atoms with Crippen LogP contribution in [0.1, 0.15) is 46.6 Å². The van der Waals surface area contributed by atoms with Crippen LogP contribution in [0, 0.1) is 0 Å². The van der Waals surface area contributed by atoms with E-state index in [1.165, 1.54) is 18.4 Å². The number of fused-ring (bicyclic) bond motifs is 8. The molecule has 2 aliphatic rings. The number of halogens is 3. The minimum absolute atomic E-state index is 0.189. The lowest BCUT2D eigenvalue weighted by Crippen LogP contribution is -2.39. The second-order valence-corrected chi connectivity index (χ2v) is 13.8. The van der Waals surface area contributed by atoms with Crippen molar-refractivity contribution in [2.75, 3.05) is 29.6 Å². The number of carbonyl (C=O) groups excluding carboxylic acids is 1. The van der Waals surface area contributed by atoms with Gasteiger partial charge in [0, 0.05) is 42.0 Å². The van der Waals surface area contributed by atoms with Gasteiger partial charge in [-0.2, -0.15) is 10.2 Å². The van der Waals surface area contributed by atoms with Crippen molar-refractivity contribution in [2.24, 2.45) is 0 Å². The highest BCUT2D eigenvalue weighted by molar-refractivity contribution is 7.91. The summed E-state index contributed by atoms with van der Waals surface area (Å²) in [6, 6.07) is 13.0. The summed E-state index contributed by atoms with van der Waals surface area (Å²) in [5, 5.41) is 12.6. The molecular weight excluding hydrogens is 597 g/mol. The fraction of sp³-hybridized carbons (Fsp3) is 0.367. The molecule has 0 saturated carbocycles. The van der Waals surface area contributed by atoms with E-state index in [4.69, 9.17) is 10.2 Å². The lowest BCUT2D eigenvalue weighted by molar-refractivity contribution is -0.274. The maximum atomic E-state index is 13.5. The SMILES string of the molecule is CS(=O)(=O)C1CCN(c2cccc(Cn3nc(C(=O)Nc4ccc(OC(F)(F)F)cc4)c4c5nn(c6c5CCC6)c43)c2)CC1. The number of sulfone groups is 1. The number of pyridine rings is 1. The zero-order chi connectivity index (χ0) is 30.8. The van der Waals surface area contributed by atoms with Gasteiger partial charge in [-0.1, -0.05) is 12.1 Å². The molecule has 3 aromatic heterocycles. The second-order valence-electron chi connectivity index (χ2n) is 11.5. The molecule has 1 N–H and O–H groups in total. The Labute approximate surface area is 250 Å². The topological polar surface area (TPSA) is 111 Å². The van der Waals surface area contributed by atoms with Crippen LogP contribution in [0.15, 0.2) is 48.5 Å². The third-order valence-electron chi connectivity index (χ3n) is 8.51. The number of ether oxygens (including phenoxy) is 1. The maximum absolute atomic E-state index is 13.5. The van der Waals surface area contributed by atoms with Gasteiger partial charge in [-0.25, -0.2) is 17.6 Å². The van der Waals surface area contributed by atoms with Gasteiger partial charge < -0.3 is 15.0 Å². The number of alkyl halides is 3. The van der Waals surface area contributed by atoms with Gasteiger partial charge >= 0.3 is 6.36 Å². The van der Waals surface area contributed by atoms with E-state index >= 15 is 0 Å². The standard InChI is InChI=1S/C30H29F3N6O4S/c1-44(41,42)22-12-14-37(15-13-22)20-5-2-4-18(16-20)17-38-29-25(26-23-6-3-7-24(23)39(29)36-26)27(35-38)28(40)34-19-8-10-21(11-9-19)43-30(31,32)33/h2,4-5,8-11,16,22H,3,6-7,12-15,17H2,1H3,(H,34,40). The number of nitrogens with one attached hydrogen (secondary N) is 1. The van der Waals surface area contributed by atoms with E-state index in [0.717, 1.165) is 65.1 Å². The number of amides is 1. The molecule has 2 bridgehead atoms. The lowest BCUT2D eigenvalue weighted by atomic mass is 10.1. The Kier molecular flexibility index (Phi) is 6.72. The van der Waals surface area contributed by atoms with Crippen molar-refractivity contribution in [3.63, 3.8) is 0 Å². The first-order valence-corrected chi connectivity index (χ1v) is 16.3. The van der Waals surface area contributed by atoms with E-state index in [1.807, 2.05) is 22.7 Å². The zero-order valence-corrected chi connectivity index (χ0v) is 24.6. The van der Waals surface area contributed by atoms with Gasteiger partial charge in [-0.05, 0) is 74.1 Å². The molecule has 44 heavy (non-hydrogen) atoms. The Morgan fingerprint density at radius 3 is 2.52 bits per heavy atom. The van der Waals surface area contributed by atoms with E-state index in [9.17, 15) is 26.4 Å². The normalized spacial score (nSPS) is 16.2. The molecular formula is C30H29F3N6O4S. The molecule has 1 aliphatic heterocycles. The summed E-state index contributed by atoms with van der Waals surface area (Å²) in [6.45, 7) is 1.66. The molecule has 1 aliphatic carbocycles. The number of carbonyl (C=O) groups is 1. The average molecular weight is 627 g/mol. The monoisotopic (exact) mass is 626 g/mol. The minimum atomic E-state index is -4.81. The third-order valence-corrected chi connectivity index (χ3v) is 10.2. The van der Waals surface area contributed by atoms with E-state index < -0.39 is 22.1 Å². The third kappa shape index (κ3) is 5.20. The number of hydrogen-bond donors (Lipinski definition) is 1. The molecule has 5 aromatic rings. The van der Waals surface area contributed by atoms with Crippen LogP contribution >= 0.6 is 0 Å². The van der Waals surface area contributed by atoms with E-state index in [-0.39, 0.29) is 16.7 Å². The lowest BCUT2D eigenvalue weighted by Gasteiger charge is -2.33. The van der Waals surface area contributed by atoms with Crippen LogP contribution < -0.4 is 15.0 Å².